The molecule has 6 nitrogen and oxygen atoms in total. The predicted octanol–water partition coefficient (Wildman–Crippen LogP) is 2.46. The van der Waals surface area contributed by atoms with Gasteiger partial charge in [-0.25, -0.2) is 4.79 Å². The lowest BCUT2D eigenvalue weighted by Crippen LogP contribution is -2.50. The fourth-order valence-electron chi connectivity index (χ4n) is 2.66. The Hall–Kier alpha value is -1.66. The van der Waals surface area contributed by atoms with E-state index in [1.54, 1.807) is 11.1 Å². The van der Waals surface area contributed by atoms with E-state index >= 15 is 0 Å². The molecule has 0 bridgehead atoms. The number of likely N-dealkylation sites (tertiary alicyclic amines) is 1. The smallest absolute Gasteiger partial charge is 0.410 e. The molecule has 0 saturated carbocycles. The van der Waals surface area contributed by atoms with Crippen molar-refractivity contribution in [1.29, 1.82) is 0 Å². The second-order valence-corrected chi connectivity index (χ2v) is 6.66. The second kappa shape index (κ2) is 5.85. The lowest BCUT2D eigenvalue weighted by atomic mass is 9.89. The standard InChI is InChI=1S/C16H22N2O4/c1-16(2,3)22-15(19)18-9-11(10-18)13-8-17-5-4-12(13)14-20-6-7-21-14/h4-5,8,11,14H,6-7,9-10H2,1-3H3. The summed E-state index contributed by atoms with van der Waals surface area (Å²) in [5.74, 6) is 0.254. The molecule has 0 radical (unpaired) electrons. The van der Waals surface area contributed by atoms with E-state index in [4.69, 9.17) is 14.2 Å². The van der Waals surface area contributed by atoms with Gasteiger partial charge in [-0.05, 0) is 32.4 Å². The summed E-state index contributed by atoms with van der Waals surface area (Å²) in [4.78, 5) is 17.9. The zero-order valence-electron chi connectivity index (χ0n) is 13.2. The lowest BCUT2D eigenvalue weighted by Gasteiger charge is -2.40. The molecule has 120 valence electrons. The molecule has 1 amide bonds. The van der Waals surface area contributed by atoms with Crippen LogP contribution in [0.25, 0.3) is 0 Å². The number of hydrogen-bond acceptors (Lipinski definition) is 5. The molecule has 2 aliphatic rings. The Morgan fingerprint density at radius 1 is 1.27 bits per heavy atom. The third-order valence-corrected chi connectivity index (χ3v) is 3.74. The number of nitrogens with zero attached hydrogens (tertiary/aromatic N) is 2. The van der Waals surface area contributed by atoms with Gasteiger partial charge >= 0.3 is 6.09 Å². The highest BCUT2D eigenvalue weighted by Gasteiger charge is 2.37. The normalized spacial score (nSPS) is 20.0. The number of carbonyl (C=O) groups excluding carboxylic acids is 1. The number of hydrogen-bond donors (Lipinski definition) is 0. The molecule has 1 aromatic heterocycles. The summed E-state index contributed by atoms with van der Waals surface area (Å²) in [5.41, 5.74) is 1.64. The summed E-state index contributed by atoms with van der Waals surface area (Å²) in [6, 6.07) is 1.93. The summed E-state index contributed by atoms with van der Waals surface area (Å²) in [7, 11) is 0. The lowest BCUT2D eigenvalue weighted by molar-refractivity contribution is -0.0457. The molecular weight excluding hydrogens is 284 g/mol. The molecule has 2 fully saturated rings. The van der Waals surface area contributed by atoms with Gasteiger partial charge in [-0.1, -0.05) is 0 Å². The molecular formula is C16H22N2O4. The maximum absolute atomic E-state index is 12.0. The zero-order valence-corrected chi connectivity index (χ0v) is 13.2. The van der Waals surface area contributed by atoms with Crippen molar-refractivity contribution in [2.24, 2.45) is 0 Å². The Kier molecular flexibility index (Phi) is 4.06. The van der Waals surface area contributed by atoms with Gasteiger partial charge in [0.05, 0.1) is 13.2 Å². The largest absolute Gasteiger partial charge is 0.444 e. The van der Waals surface area contributed by atoms with Crippen molar-refractivity contribution in [3.63, 3.8) is 0 Å². The van der Waals surface area contributed by atoms with E-state index in [2.05, 4.69) is 4.98 Å². The van der Waals surface area contributed by atoms with Gasteiger partial charge in [0.1, 0.15) is 5.60 Å². The molecule has 22 heavy (non-hydrogen) atoms. The Balaban J connectivity index is 1.64. The highest BCUT2D eigenvalue weighted by molar-refractivity contribution is 5.69. The van der Waals surface area contributed by atoms with E-state index in [1.807, 2.05) is 33.0 Å². The number of amides is 1. The minimum Gasteiger partial charge on any atom is -0.444 e. The highest BCUT2D eigenvalue weighted by Crippen LogP contribution is 2.35. The topological polar surface area (TPSA) is 60.9 Å². The third-order valence-electron chi connectivity index (χ3n) is 3.74. The van der Waals surface area contributed by atoms with Crippen LogP contribution in [0, 0.1) is 0 Å². The van der Waals surface area contributed by atoms with E-state index in [9.17, 15) is 4.79 Å². The molecule has 3 heterocycles. The zero-order chi connectivity index (χ0) is 15.7. The van der Waals surface area contributed by atoms with Crippen molar-refractivity contribution < 1.29 is 19.0 Å². The molecule has 0 atom stereocenters. The Morgan fingerprint density at radius 2 is 1.95 bits per heavy atom. The third kappa shape index (κ3) is 3.23. The van der Waals surface area contributed by atoms with Crippen LogP contribution >= 0.6 is 0 Å². The summed E-state index contributed by atoms with van der Waals surface area (Å²) < 4.78 is 16.5. The number of carbonyl (C=O) groups is 1. The van der Waals surface area contributed by atoms with Crippen molar-refractivity contribution in [1.82, 2.24) is 9.88 Å². The van der Waals surface area contributed by atoms with Crippen LogP contribution < -0.4 is 0 Å². The Labute approximate surface area is 130 Å². The SMILES string of the molecule is CC(C)(C)OC(=O)N1CC(c2cnccc2C2OCCO2)C1. The first-order valence-corrected chi connectivity index (χ1v) is 7.59. The van der Waals surface area contributed by atoms with Gasteiger partial charge in [0.2, 0.25) is 0 Å². The van der Waals surface area contributed by atoms with Crippen LogP contribution in [0.1, 0.15) is 44.1 Å². The quantitative estimate of drug-likeness (QED) is 0.840. The maximum Gasteiger partial charge on any atom is 0.410 e. The number of pyridine rings is 1. The molecule has 0 unspecified atom stereocenters. The van der Waals surface area contributed by atoms with E-state index in [0.717, 1.165) is 11.1 Å². The average Bonchev–Trinajstić information content (AvgIpc) is 2.89. The van der Waals surface area contributed by atoms with Gasteiger partial charge in [-0.2, -0.15) is 0 Å². The van der Waals surface area contributed by atoms with Crippen LogP contribution in [0.15, 0.2) is 18.5 Å². The molecule has 2 saturated heterocycles. The molecule has 2 aliphatic heterocycles. The molecule has 0 N–H and O–H groups in total. The van der Waals surface area contributed by atoms with Crippen LogP contribution in [0.2, 0.25) is 0 Å². The predicted molar refractivity (Wildman–Crippen MR) is 79.4 cm³/mol. The fourth-order valence-corrected chi connectivity index (χ4v) is 2.66. The van der Waals surface area contributed by atoms with Crippen molar-refractivity contribution >= 4 is 6.09 Å². The van der Waals surface area contributed by atoms with Crippen LogP contribution in [0.5, 0.6) is 0 Å². The number of ether oxygens (including phenoxy) is 3. The molecule has 1 aromatic rings. The van der Waals surface area contributed by atoms with Crippen LogP contribution in [0.4, 0.5) is 4.79 Å². The van der Waals surface area contributed by atoms with Crippen LogP contribution in [0.3, 0.4) is 0 Å². The minimum absolute atomic E-state index is 0.254. The molecule has 3 rings (SSSR count). The second-order valence-electron chi connectivity index (χ2n) is 6.66. The van der Waals surface area contributed by atoms with E-state index in [0.29, 0.717) is 26.3 Å². The molecule has 0 spiro atoms. The molecule has 6 heteroatoms. The summed E-state index contributed by atoms with van der Waals surface area (Å²) in [6.07, 6.45) is 3.02. The van der Waals surface area contributed by atoms with Crippen LogP contribution in [-0.2, 0) is 14.2 Å². The minimum atomic E-state index is -0.465. The summed E-state index contributed by atoms with van der Waals surface area (Å²) in [5, 5.41) is 0. The van der Waals surface area contributed by atoms with Crippen LogP contribution in [-0.4, -0.2) is 47.9 Å². The van der Waals surface area contributed by atoms with Gasteiger partial charge in [0.25, 0.3) is 0 Å². The first-order valence-electron chi connectivity index (χ1n) is 7.59. The highest BCUT2D eigenvalue weighted by atomic mass is 16.7. The summed E-state index contributed by atoms with van der Waals surface area (Å²) >= 11 is 0. The van der Waals surface area contributed by atoms with E-state index < -0.39 is 5.60 Å². The monoisotopic (exact) mass is 306 g/mol. The van der Waals surface area contributed by atoms with Gasteiger partial charge in [-0.15, -0.1) is 0 Å². The van der Waals surface area contributed by atoms with Gasteiger partial charge in [-0.3, -0.25) is 4.98 Å². The van der Waals surface area contributed by atoms with Gasteiger partial charge < -0.3 is 19.1 Å². The van der Waals surface area contributed by atoms with Crippen molar-refractivity contribution in [2.45, 2.75) is 38.6 Å². The fraction of sp³-hybridized carbons (Fsp3) is 0.625. The van der Waals surface area contributed by atoms with Crippen molar-refractivity contribution in [3.05, 3.63) is 29.6 Å². The number of rotatable bonds is 2. The Bertz CT molecular complexity index is 543. The molecule has 0 aliphatic carbocycles. The first kappa shape index (κ1) is 15.2. The van der Waals surface area contributed by atoms with E-state index in [-0.39, 0.29) is 18.3 Å². The average molecular weight is 306 g/mol. The maximum atomic E-state index is 12.0. The molecule has 0 aromatic carbocycles. The van der Waals surface area contributed by atoms with E-state index in [1.165, 1.54) is 0 Å². The van der Waals surface area contributed by atoms with Gasteiger partial charge in [0.15, 0.2) is 6.29 Å². The Morgan fingerprint density at radius 3 is 2.59 bits per heavy atom. The summed E-state index contributed by atoms with van der Waals surface area (Å²) in [6.45, 7) is 8.12. The van der Waals surface area contributed by atoms with Crippen molar-refractivity contribution in [3.8, 4) is 0 Å². The van der Waals surface area contributed by atoms with Crippen molar-refractivity contribution in [2.75, 3.05) is 26.3 Å². The first-order chi connectivity index (χ1) is 10.4. The number of aromatic nitrogens is 1. The van der Waals surface area contributed by atoms with Gasteiger partial charge in [0, 0.05) is 37.0 Å².